The fraction of sp³-hybridized carbons (Fsp3) is 0.750. The first kappa shape index (κ1) is 7.45. The van der Waals surface area contributed by atoms with E-state index in [-0.39, 0.29) is 17.6 Å². The van der Waals surface area contributed by atoms with Gasteiger partial charge < -0.3 is 0 Å². The number of ketones is 2. The minimum Gasteiger partial charge on any atom is -0.299 e. The summed E-state index contributed by atoms with van der Waals surface area (Å²) < 4.78 is 0. The minimum absolute atomic E-state index is 0.0145. The Morgan fingerprint density at radius 3 is 2.40 bits per heavy atom. The highest BCUT2D eigenvalue weighted by molar-refractivity contribution is 6.02. The van der Waals surface area contributed by atoms with Crippen molar-refractivity contribution in [2.45, 2.75) is 33.1 Å². The lowest BCUT2D eigenvalue weighted by molar-refractivity contribution is -0.120. The van der Waals surface area contributed by atoms with Crippen molar-refractivity contribution in [1.82, 2.24) is 0 Å². The quantitative estimate of drug-likeness (QED) is 0.370. The standard InChI is InChI=1S/C8H12O2/c1-8(2)4-6(9)3-7(10)5-8/h3-5H2,1-2H3/p+1. The van der Waals surface area contributed by atoms with Crippen LogP contribution in [0, 0.1) is 5.41 Å². The normalized spacial score (nSPS) is 25.0. The number of rotatable bonds is 0. The molecule has 2 heteroatoms. The lowest BCUT2D eigenvalue weighted by Gasteiger charge is -2.24. The molecule has 0 bridgehead atoms. The van der Waals surface area contributed by atoms with Crippen LogP contribution in [-0.2, 0) is 4.79 Å². The van der Waals surface area contributed by atoms with Gasteiger partial charge in [-0.3, -0.25) is 9.59 Å². The molecular formula is C8H13O2+. The van der Waals surface area contributed by atoms with Crippen LogP contribution in [0.15, 0.2) is 0 Å². The molecule has 1 rings (SSSR count). The average molecular weight is 141 g/mol. The van der Waals surface area contributed by atoms with E-state index in [4.69, 9.17) is 4.79 Å². The zero-order valence-electron chi connectivity index (χ0n) is 6.48. The summed E-state index contributed by atoms with van der Waals surface area (Å²) in [5.41, 5.74) is -0.0145. The average Bonchev–Trinajstić information content (AvgIpc) is 1.54. The molecule has 0 spiro atoms. The van der Waals surface area contributed by atoms with Gasteiger partial charge in [0.1, 0.15) is 12.2 Å². The first-order valence-corrected chi connectivity index (χ1v) is 3.55. The van der Waals surface area contributed by atoms with E-state index in [1.54, 1.807) is 0 Å². The highest BCUT2D eigenvalue weighted by Crippen LogP contribution is 2.30. The molecule has 1 aliphatic carbocycles. The second kappa shape index (κ2) is 2.19. The Bertz CT molecular complexity index is 162. The van der Waals surface area contributed by atoms with Gasteiger partial charge in [0.15, 0.2) is 0 Å². The summed E-state index contributed by atoms with van der Waals surface area (Å²) in [6, 6.07) is 0. The van der Waals surface area contributed by atoms with E-state index in [1.807, 2.05) is 13.8 Å². The largest absolute Gasteiger partial charge is 0.300 e. The molecule has 1 aliphatic rings. The topological polar surface area (TPSA) is 38.5 Å². The highest BCUT2D eigenvalue weighted by Gasteiger charge is 2.34. The van der Waals surface area contributed by atoms with Gasteiger partial charge in [-0.15, -0.1) is 0 Å². The lowest BCUT2D eigenvalue weighted by atomic mass is 9.76. The molecule has 1 N–H and O–H groups in total. The molecule has 0 atom stereocenters. The van der Waals surface area contributed by atoms with E-state index in [1.165, 1.54) is 0 Å². The molecule has 2 nitrogen and oxygen atoms in total. The van der Waals surface area contributed by atoms with Crippen LogP contribution < -0.4 is 0 Å². The Labute approximate surface area is 60.6 Å². The maximum Gasteiger partial charge on any atom is 0.300 e. The molecular weight excluding hydrogens is 128 g/mol. The van der Waals surface area contributed by atoms with Gasteiger partial charge in [0, 0.05) is 6.42 Å². The molecule has 0 radical (unpaired) electrons. The van der Waals surface area contributed by atoms with Gasteiger partial charge in [0.2, 0.25) is 0 Å². The second-order valence-electron chi connectivity index (χ2n) is 3.80. The Morgan fingerprint density at radius 2 is 2.00 bits per heavy atom. The molecule has 0 aliphatic heterocycles. The summed E-state index contributed by atoms with van der Waals surface area (Å²) in [4.78, 5) is 20.0. The van der Waals surface area contributed by atoms with Gasteiger partial charge in [-0.1, -0.05) is 13.8 Å². The third-order valence-electron chi connectivity index (χ3n) is 1.76. The molecule has 1 fully saturated rings. The molecule has 1 saturated carbocycles. The van der Waals surface area contributed by atoms with Crippen LogP contribution in [-0.4, -0.2) is 16.4 Å². The Hall–Kier alpha value is -0.660. The van der Waals surface area contributed by atoms with Crippen molar-refractivity contribution in [3.05, 3.63) is 0 Å². The summed E-state index contributed by atoms with van der Waals surface area (Å²) in [6.45, 7) is 4.00. The van der Waals surface area contributed by atoms with Crippen LogP contribution in [0.25, 0.3) is 0 Å². The van der Waals surface area contributed by atoms with Crippen molar-refractivity contribution in [2.24, 2.45) is 5.41 Å². The van der Waals surface area contributed by atoms with E-state index in [0.717, 1.165) is 0 Å². The monoisotopic (exact) mass is 141 g/mol. The first-order valence-electron chi connectivity index (χ1n) is 3.55. The van der Waals surface area contributed by atoms with Gasteiger partial charge in [-0.25, -0.2) is 0 Å². The van der Waals surface area contributed by atoms with E-state index < -0.39 is 0 Å². The Morgan fingerprint density at radius 1 is 1.40 bits per heavy atom. The fourth-order valence-electron chi connectivity index (χ4n) is 1.50. The lowest BCUT2D eigenvalue weighted by Crippen LogP contribution is -2.28. The van der Waals surface area contributed by atoms with E-state index in [0.29, 0.717) is 18.6 Å². The van der Waals surface area contributed by atoms with Crippen molar-refractivity contribution in [3.8, 4) is 0 Å². The Kier molecular flexibility index (Phi) is 1.63. The molecule has 0 aromatic heterocycles. The maximum absolute atomic E-state index is 10.9. The molecule has 0 aromatic rings. The van der Waals surface area contributed by atoms with Crippen molar-refractivity contribution in [2.75, 3.05) is 0 Å². The minimum atomic E-state index is -0.0145. The predicted molar refractivity (Wildman–Crippen MR) is 39.6 cm³/mol. The second-order valence-corrected chi connectivity index (χ2v) is 3.80. The number of carbonyl (C=O) groups is 1. The van der Waals surface area contributed by atoms with Crippen LogP contribution in [0.4, 0.5) is 0 Å². The van der Waals surface area contributed by atoms with Crippen LogP contribution in [0.2, 0.25) is 0 Å². The van der Waals surface area contributed by atoms with Crippen LogP contribution in [0.3, 0.4) is 0 Å². The zero-order chi connectivity index (χ0) is 7.78. The maximum atomic E-state index is 10.9. The van der Waals surface area contributed by atoms with Crippen molar-refractivity contribution >= 4 is 11.6 Å². The third kappa shape index (κ3) is 1.66. The van der Waals surface area contributed by atoms with Crippen LogP contribution >= 0.6 is 0 Å². The van der Waals surface area contributed by atoms with Crippen molar-refractivity contribution < 1.29 is 9.59 Å². The molecule has 56 valence electrons. The van der Waals surface area contributed by atoms with E-state index in [9.17, 15) is 4.79 Å². The number of Topliss-reactive ketones (excluding diaryl/α,β-unsaturated/α-hetero) is 1. The summed E-state index contributed by atoms with van der Waals surface area (Å²) in [7, 11) is 0. The van der Waals surface area contributed by atoms with E-state index in [2.05, 4.69) is 0 Å². The Balaban J connectivity index is 2.68. The predicted octanol–water partition coefficient (Wildman–Crippen LogP) is 1.31. The molecule has 0 aromatic carbocycles. The number of carbonyl (C=O) groups excluding carboxylic acids is 2. The summed E-state index contributed by atoms with van der Waals surface area (Å²) in [6.07, 6.45) is 1.57. The summed E-state index contributed by atoms with van der Waals surface area (Å²) in [5, 5.41) is 0. The molecule has 0 heterocycles. The number of hydrogen-bond donors (Lipinski definition) is 0. The molecule has 0 saturated heterocycles. The molecule has 0 amide bonds. The SMILES string of the molecule is CC1(C)CC(=O)CC(=[OH+])C1. The fourth-order valence-corrected chi connectivity index (χ4v) is 1.50. The van der Waals surface area contributed by atoms with Crippen LogP contribution in [0.1, 0.15) is 33.1 Å². The van der Waals surface area contributed by atoms with Gasteiger partial charge in [0.05, 0.1) is 6.42 Å². The van der Waals surface area contributed by atoms with Crippen LogP contribution in [0.5, 0.6) is 0 Å². The van der Waals surface area contributed by atoms with Gasteiger partial charge >= 0.3 is 5.78 Å². The third-order valence-corrected chi connectivity index (χ3v) is 1.76. The molecule has 0 unspecified atom stereocenters. The highest BCUT2D eigenvalue weighted by atomic mass is 16.1. The smallest absolute Gasteiger partial charge is 0.299 e. The van der Waals surface area contributed by atoms with Crippen molar-refractivity contribution in [3.63, 3.8) is 0 Å². The van der Waals surface area contributed by atoms with Gasteiger partial charge in [-0.05, 0) is 5.41 Å². The summed E-state index contributed by atoms with van der Waals surface area (Å²) >= 11 is 0. The van der Waals surface area contributed by atoms with Gasteiger partial charge in [0.25, 0.3) is 0 Å². The van der Waals surface area contributed by atoms with Gasteiger partial charge in [-0.2, -0.15) is 0 Å². The van der Waals surface area contributed by atoms with Crippen molar-refractivity contribution in [1.29, 1.82) is 0 Å². The van der Waals surface area contributed by atoms with E-state index >= 15 is 0 Å². The summed E-state index contributed by atoms with van der Waals surface area (Å²) in [5.74, 6) is 0.509. The first-order chi connectivity index (χ1) is 4.49. The zero-order valence-corrected chi connectivity index (χ0v) is 6.48. The number of hydrogen-bond acceptors (Lipinski definition) is 1. The molecule has 10 heavy (non-hydrogen) atoms.